The number of halogens is 1. The minimum atomic E-state index is -0.240. The second kappa shape index (κ2) is 4.06. The molecule has 2 rings (SSSR count). The van der Waals surface area contributed by atoms with Crippen LogP contribution in [-0.4, -0.2) is 10.6 Å². The van der Waals surface area contributed by atoms with Crippen molar-refractivity contribution in [1.29, 1.82) is 0 Å². The van der Waals surface area contributed by atoms with Crippen molar-refractivity contribution in [2.45, 2.75) is 26.4 Å². The zero-order valence-electron chi connectivity index (χ0n) is 9.62. The number of pyridine rings is 1. The molecule has 0 amide bonds. The highest BCUT2D eigenvalue weighted by Crippen LogP contribution is 2.28. The molecule has 0 atom stereocenters. The molecule has 0 aliphatic rings. The van der Waals surface area contributed by atoms with Crippen molar-refractivity contribution >= 4 is 26.7 Å². The van der Waals surface area contributed by atoms with E-state index < -0.39 is 0 Å². The maximum Gasteiger partial charge on any atom is 0.222 e. The highest BCUT2D eigenvalue weighted by atomic mass is 79.9. The van der Waals surface area contributed by atoms with Gasteiger partial charge in [0.2, 0.25) is 5.88 Å². The number of aromatic nitrogens is 1. The highest BCUT2D eigenvalue weighted by Gasteiger charge is 2.15. The van der Waals surface area contributed by atoms with Gasteiger partial charge in [-0.15, -0.1) is 0 Å². The van der Waals surface area contributed by atoms with E-state index in [1.165, 1.54) is 0 Å². The number of rotatable bonds is 1. The molecule has 0 aliphatic carbocycles. The average molecular weight is 280 g/mol. The summed E-state index contributed by atoms with van der Waals surface area (Å²) < 4.78 is 6.65. The van der Waals surface area contributed by atoms with Crippen LogP contribution in [0.25, 0.3) is 10.8 Å². The normalized spacial score (nSPS) is 11.8. The fraction of sp³-hybridized carbons (Fsp3) is 0.308. The summed E-state index contributed by atoms with van der Waals surface area (Å²) in [4.78, 5) is 4.38. The summed E-state index contributed by atoms with van der Waals surface area (Å²) >= 11 is 3.40. The predicted octanol–water partition coefficient (Wildman–Crippen LogP) is 4.17. The number of benzene rings is 1. The van der Waals surface area contributed by atoms with Gasteiger partial charge in [-0.3, -0.25) is 0 Å². The van der Waals surface area contributed by atoms with Crippen LogP contribution < -0.4 is 4.74 Å². The van der Waals surface area contributed by atoms with Crippen molar-refractivity contribution < 1.29 is 4.74 Å². The summed E-state index contributed by atoms with van der Waals surface area (Å²) in [6.45, 7) is 6.05. The average Bonchev–Trinajstić information content (AvgIpc) is 2.14. The Kier molecular flexibility index (Phi) is 2.89. The van der Waals surface area contributed by atoms with Crippen LogP contribution in [-0.2, 0) is 0 Å². The van der Waals surface area contributed by atoms with Gasteiger partial charge in [0.15, 0.2) is 0 Å². The van der Waals surface area contributed by atoms with E-state index in [9.17, 15) is 0 Å². The second-order valence-electron chi connectivity index (χ2n) is 4.69. The van der Waals surface area contributed by atoms with E-state index in [-0.39, 0.29) is 5.60 Å². The molecule has 16 heavy (non-hydrogen) atoms. The molecular weight excluding hydrogens is 266 g/mol. The summed E-state index contributed by atoms with van der Waals surface area (Å²) in [5.74, 6) is 0.678. The molecule has 2 aromatic rings. The van der Waals surface area contributed by atoms with Gasteiger partial charge in [-0.1, -0.05) is 18.2 Å². The smallest absolute Gasteiger partial charge is 0.222 e. The molecule has 3 heteroatoms. The Hall–Kier alpha value is -1.09. The van der Waals surface area contributed by atoms with Crippen LogP contribution in [0.15, 0.2) is 34.9 Å². The molecule has 1 aromatic carbocycles. The lowest BCUT2D eigenvalue weighted by Crippen LogP contribution is -2.23. The Balaban J connectivity index is 2.59. The summed E-state index contributed by atoms with van der Waals surface area (Å²) in [7, 11) is 0. The molecule has 0 N–H and O–H groups in total. The number of nitrogens with zero attached hydrogens (tertiary/aromatic N) is 1. The van der Waals surface area contributed by atoms with Crippen molar-refractivity contribution in [3.63, 3.8) is 0 Å². The molecule has 2 nitrogen and oxygen atoms in total. The third-order valence-electron chi connectivity index (χ3n) is 2.08. The molecule has 0 radical (unpaired) electrons. The van der Waals surface area contributed by atoms with Crippen LogP contribution in [0.5, 0.6) is 5.88 Å². The summed E-state index contributed by atoms with van der Waals surface area (Å²) in [5, 5.41) is 2.17. The first-order valence-corrected chi connectivity index (χ1v) is 5.99. The molecule has 0 aliphatic heterocycles. The van der Waals surface area contributed by atoms with E-state index in [2.05, 4.69) is 27.0 Å². The van der Waals surface area contributed by atoms with Gasteiger partial charge in [0.05, 0.1) is 0 Å². The zero-order valence-corrected chi connectivity index (χ0v) is 11.2. The Morgan fingerprint density at radius 2 is 1.88 bits per heavy atom. The van der Waals surface area contributed by atoms with Gasteiger partial charge in [-0.2, -0.15) is 0 Å². The van der Waals surface area contributed by atoms with Gasteiger partial charge < -0.3 is 4.74 Å². The lowest BCUT2D eigenvalue weighted by molar-refractivity contribution is 0.126. The molecule has 0 spiro atoms. The molecule has 0 unspecified atom stereocenters. The van der Waals surface area contributed by atoms with Crippen LogP contribution >= 0.6 is 15.9 Å². The minimum Gasteiger partial charge on any atom is -0.471 e. The van der Waals surface area contributed by atoms with E-state index in [1.54, 1.807) is 0 Å². The highest BCUT2D eigenvalue weighted by molar-refractivity contribution is 9.10. The van der Waals surface area contributed by atoms with E-state index in [0.29, 0.717) is 5.88 Å². The maximum atomic E-state index is 5.85. The molecule has 1 heterocycles. The van der Waals surface area contributed by atoms with Gasteiger partial charge in [-0.05, 0) is 54.2 Å². The van der Waals surface area contributed by atoms with Gasteiger partial charge in [-0.25, -0.2) is 4.98 Å². The second-order valence-corrected chi connectivity index (χ2v) is 5.50. The van der Waals surface area contributed by atoms with Gasteiger partial charge in [0, 0.05) is 5.39 Å². The molecule has 1 aromatic heterocycles. The fourth-order valence-electron chi connectivity index (χ4n) is 1.50. The van der Waals surface area contributed by atoms with Crippen molar-refractivity contribution in [2.75, 3.05) is 0 Å². The third kappa shape index (κ3) is 2.53. The summed E-state index contributed by atoms with van der Waals surface area (Å²) in [5.41, 5.74) is -0.240. The van der Waals surface area contributed by atoms with Crippen LogP contribution in [0.3, 0.4) is 0 Å². The summed E-state index contributed by atoms with van der Waals surface area (Å²) in [6.07, 6.45) is 0. The largest absolute Gasteiger partial charge is 0.471 e. The molecule has 84 valence electrons. The first-order chi connectivity index (χ1) is 7.46. The molecule has 0 bridgehead atoms. The predicted molar refractivity (Wildman–Crippen MR) is 69.8 cm³/mol. The maximum absolute atomic E-state index is 5.85. The van der Waals surface area contributed by atoms with Crippen molar-refractivity contribution in [3.05, 3.63) is 34.9 Å². The summed E-state index contributed by atoms with van der Waals surface area (Å²) in [6, 6.07) is 10.1. The fourth-order valence-corrected chi connectivity index (χ4v) is 1.91. The zero-order chi connectivity index (χ0) is 11.8. The van der Waals surface area contributed by atoms with E-state index in [1.807, 2.05) is 45.0 Å². The van der Waals surface area contributed by atoms with E-state index in [0.717, 1.165) is 15.4 Å². The lowest BCUT2D eigenvalue weighted by Gasteiger charge is -2.21. The van der Waals surface area contributed by atoms with E-state index >= 15 is 0 Å². The van der Waals surface area contributed by atoms with Gasteiger partial charge in [0.25, 0.3) is 0 Å². The first kappa shape index (κ1) is 11.4. The Morgan fingerprint density at radius 1 is 1.19 bits per heavy atom. The standard InChI is InChI=1S/C13H14BrNO/c1-13(2,3)16-12-10-7-5-4-6-9(10)8-11(14)15-12/h4-8H,1-3H3. The minimum absolute atomic E-state index is 0.240. The lowest BCUT2D eigenvalue weighted by atomic mass is 10.1. The topological polar surface area (TPSA) is 22.1 Å². The van der Waals surface area contributed by atoms with Crippen LogP contribution in [0.2, 0.25) is 0 Å². The number of fused-ring (bicyclic) bond motifs is 1. The monoisotopic (exact) mass is 279 g/mol. The Bertz CT molecular complexity index is 517. The number of hydrogen-bond acceptors (Lipinski definition) is 2. The Labute approximate surface area is 104 Å². The Morgan fingerprint density at radius 3 is 2.56 bits per heavy atom. The van der Waals surface area contributed by atoms with Gasteiger partial charge in [0.1, 0.15) is 10.2 Å². The van der Waals surface area contributed by atoms with Crippen LogP contribution in [0.1, 0.15) is 20.8 Å². The van der Waals surface area contributed by atoms with Crippen molar-refractivity contribution in [2.24, 2.45) is 0 Å². The van der Waals surface area contributed by atoms with Gasteiger partial charge >= 0.3 is 0 Å². The quantitative estimate of drug-likeness (QED) is 0.731. The first-order valence-electron chi connectivity index (χ1n) is 5.20. The van der Waals surface area contributed by atoms with Crippen LogP contribution in [0.4, 0.5) is 0 Å². The van der Waals surface area contributed by atoms with Crippen molar-refractivity contribution in [1.82, 2.24) is 4.98 Å². The molecule has 0 saturated carbocycles. The van der Waals surface area contributed by atoms with E-state index in [4.69, 9.17) is 4.74 Å². The number of ether oxygens (including phenoxy) is 1. The molecule has 0 saturated heterocycles. The number of hydrogen-bond donors (Lipinski definition) is 0. The molecule has 0 fully saturated rings. The van der Waals surface area contributed by atoms with Crippen molar-refractivity contribution in [3.8, 4) is 5.88 Å². The van der Waals surface area contributed by atoms with Crippen LogP contribution in [0, 0.1) is 0 Å². The molecular formula is C13H14BrNO. The SMILES string of the molecule is CC(C)(C)Oc1nc(Br)cc2ccccc12. The third-order valence-corrected chi connectivity index (χ3v) is 2.48.